The first kappa shape index (κ1) is 73.2. The predicted octanol–water partition coefficient (Wildman–Crippen LogP) is 18.3. The highest BCUT2D eigenvalue weighted by Crippen LogP contribution is 2.63. The van der Waals surface area contributed by atoms with Crippen LogP contribution in [0.4, 0.5) is 22.0 Å². The standard InChI is InChI=1S/C35H50O2.C27H37F5N4O2.2C2H6/c1-12-19-35(34(36)25(8)13-2)22-32(35)30-17-15-29(16-18-30)28(14-3)20-31(26(9)23(4)5)21-33(37-11)27(10)24(6)7;1-7-8-10-20(16-33-25(28)29)14-19(4)24(38)34-26(5,6)17-36-22(15-23(35-36)27(30,31)32)21(11-9-12-37)13-18(2)3;2*1-2/h14-18,20-21,23,25,32H,3,12-13,19,22H2,1-2,4-11H3;8-13,15-16,18-19,25,33H,7,14,17H2,1-6H3,(H,34,38);2*1-2H3/b28-20+,31-26+,33-21+;10-8+,11-9-,20-16+,21-13+;;. The molecule has 0 saturated heterocycles. The Morgan fingerprint density at radius 2 is 1.52 bits per heavy atom. The third-order valence-electron chi connectivity index (χ3n) is 13.6. The molecule has 1 fully saturated rings. The molecule has 1 saturated carbocycles. The first-order valence-electron chi connectivity index (χ1n) is 28.4. The molecule has 1 heterocycles. The van der Waals surface area contributed by atoms with E-state index in [9.17, 15) is 36.3 Å². The average Bonchev–Trinajstić information content (AvgIpc) is 4.02. The van der Waals surface area contributed by atoms with Crippen LogP contribution in [0.15, 0.2) is 125 Å². The highest BCUT2D eigenvalue weighted by atomic mass is 19.4. The SMILES string of the molecule is C=C\C(=C/C(/C=C(/OC)C(C)=C(C)C)=C(/C)C(C)C)c1ccc(C2CC2(CCC)C(=O)C(C)CC)cc1.CC.CC.CC/C=C/C(=C\NC(F)F)CC(C)C(=O)NC(C)(C)Cn1nc(C(F)(F)F)cc1C(/C=C\C=O)=C/C(C)C. The maximum atomic E-state index is 13.5. The van der Waals surface area contributed by atoms with Gasteiger partial charge < -0.3 is 15.4 Å². The number of ketones is 1. The Hall–Kier alpha value is -5.85. The van der Waals surface area contributed by atoms with E-state index in [0.717, 1.165) is 66.0 Å². The summed E-state index contributed by atoms with van der Waals surface area (Å²) in [6.45, 7) is 39.1. The fourth-order valence-corrected chi connectivity index (χ4v) is 8.75. The van der Waals surface area contributed by atoms with Gasteiger partial charge in [0.15, 0.2) is 5.69 Å². The van der Waals surface area contributed by atoms with Crippen molar-refractivity contribution in [3.8, 4) is 0 Å². The molecule has 8 nitrogen and oxygen atoms in total. The fourth-order valence-electron chi connectivity index (χ4n) is 8.75. The number of carbonyl (C=O) groups is 3. The van der Waals surface area contributed by atoms with Crippen molar-refractivity contribution in [2.75, 3.05) is 7.11 Å². The number of alkyl halides is 5. The number of nitrogens with one attached hydrogen (secondary N) is 2. The molecule has 4 unspecified atom stereocenters. The highest BCUT2D eigenvalue weighted by molar-refractivity contribution is 5.91. The summed E-state index contributed by atoms with van der Waals surface area (Å²) in [6.07, 6.45) is 15.9. The Labute approximate surface area is 473 Å². The van der Waals surface area contributed by atoms with Gasteiger partial charge in [-0.2, -0.15) is 27.1 Å². The number of hydrogen-bond donors (Lipinski definition) is 2. The zero-order valence-corrected chi connectivity index (χ0v) is 51.7. The lowest BCUT2D eigenvalue weighted by atomic mass is 9.83. The summed E-state index contributed by atoms with van der Waals surface area (Å²) in [5.74, 6) is 1.20. The summed E-state index contributed by atoms with van der Waals surface area (Å²) in [4.78, 5) is 37.1. The molecule has 4 atom stereocenters. The van der Waals surface area contributed by atoms with Crippen LogP contribution in [0.2, 0.25) is 0 Å². The van der Waals surface area contributed by atoms with Gasteiger partial charge in [0.1, 0.15) is 17.8 Å². The van der Waals surface area contributed by atoms with E-state index < -0.39 is 35.8 Å². The molecule has 2 aromatic rings. The molecule has 3 rings (SSSR count). The predicted molar refractivity (Wildman–Crippen MR) is 321 cm³/mol. The van der Waals surface area contributed by atoms with Crippen LogP contribution in [-0.4, -0.2) is 47.0 Å². The Morgan fingerprint density at radius 1 is 0.911 bits per heavy atom. The molecule has 1 aromatic heterocycles. The van der Waals surface area contributed by atoms with Gasteiger partial charge in [-0.15, -0.1) is 0 Å². The average molecular weight is 1110 g/mol. The molecule has 0 radical (unpaired) electrons. The van der Waals surface area contributed by atoms with E-state index in [2.05, 4.69) is 116 Å². The van der Waals surface area contributed by atoms with Crippen molar-refractivity contribution in [3.63, 3.8) is 0 Å². The van der Waals surface area contributed by atoms with Gasteiger partial charge in [0.2, 0.25) is 5.91 Å². The number of carbonyl (C=O) groups excluding carboxylic acids is 3. The molecule has 0 spiro atoms. The maximum Gasteiger partial charge on any atom is 0.435 e. The number of aldehydes is 1. The minimum atomic E-state index is -4.69. The lowest BCUT2D eigenvalue weighted by Gasteiger charge is -2.29. The lowest BCUT2D eigenvalue weighted by Crippen LogP contribution is -2.48. The van der Waals surface area contributed by atoms with Gasteiger partial charge in [-0.1, -0.05) is 163 Å². The summed E-state index contributed by atoms with van der Waals surface area (Å²) >= 11 is 0. The number of ether oxygens (including phenoxy) is 1. The molecule has 0 bridgehead atoms. The third kappa shape index (κ3) is 23.8. The molecule has 13 heteroatoms. The zero-order chi connectivity index (χ0) is 61.0. The van der Waals surface area contributed by atoms with Crippen LogP contribution in [0.3, 0.4) is 0 Å². The van der Waals surface area contributed by atoms with Gasteiger partial charge in [0, 0.05) is 23.5 Å². The van der Waals surface area contributed by atoms with Gasteiger partial charge in [0.25, 0.3) is 0 Å². The maximum absolute atomic E-state index is 13.5. The molecule has 0 aliphatic heterocycles. The summed E-state index contributed by atoms with van der Waals surface area (Å²) in [5, 5.41) is 8.52. The van der Waals surface area contributed by atoms with Crippen LogP contribution in [0.25, 0.3) is 11.1 Å². The van der Waals surface area contributed by atoms with E-state index in [1.54, 1.807) is 46.1 Å². The lowest BCUT2D eigenvalue weighted by molar-refractivity contribution is -0.141. The number of amides is 1. The molecule has 79 heavy (non-hydrogen) atoms. The molecule has 1 amide bonds. The van der Waals surface area contributed by atoms with Crippen molar-refractivity contribution in [2.45, 2.75) is 201 Å². The second-order valence-corrected chi connectivity index (χ2v) is 21.3. The summed E-state index contributed by atoms with van der Waals surface area (Å²) < 4.78 is 72.7. The van der Waals surface area contributed by atoms with E-state index in [1.165, 1.54) is 33.5 Å². The normalized spacial score (nSPS) is 17.2. The van der Waals surface area contributed by atoms with Crippen molar-refractivity contribution in [1.82, 2.24) is 20.4 Å². The molecule has 1 aliphatic rings. The Balaban J connectivity index is 0.00000145. The van der Waals surface area contributed by atoms with E-state index in [0.29, 0.717) is 41.5 Å². The van der Waals surface area contributed by atoms with Crippen molar-refractivity contribution in [3.05, 3.63) is 148 Å². The third-order valence-corrected chi connectivity index (χ3v) is 13.6. The van der Waals surface area contributed by atoms with Crippen molar-refractivity contribution >= 4 is 29.1 Å². The van der Waals surface area contributed by atoms with Crippen LogP contribution in [0.1, 0.15) is 199 Å². The number of hydrogen-bond acceptors (Lipinski definition) is 6. The van der Waals surface area contributed by atoms with Gasteiger partial charge in [0.05, 0.1) is 24.9 Å². The van der Waals surface area contributed by atoms with Gasteiger partial charge in [-0.05, 0) is 161 Å². The zero-order valence-electron chi connectivity index (χ0n) is 51.7. The largest absolute Gasteiger partial charge is 0.496 e. The van der Waals surface area contributed by atoms with E-state index in [4.69, 9.17) is 4.74 Å². The second-order valence-electron chi connectivity index (χ2n) is 21.3. The van der Waals surface area contributed by atoms with Gasteiger partial charge in [-0.25, -0.2) is 0 Å². The number of allylic oxidation sites excluding steroid dienone is 15. The summed E-state index contributed by atoms with van der Waals surface area (Å²) in [5.41, 5.74) is 7.09. The minimum Gasteiger partial charge on any atom is -0.496 e. The molecule has 1 aromatic carbocycles. The molecule has 1 aliphatic carbocycles. The van der Waals surface area contributed by atoms with Crippen LogP contribution in [0, 0.1) is 29.1 Å². The van der Waals surface area contributed by atoms with Gasteiger partial charge >= 0.3 is 12.7 Å². The number of Topliss-reactive ketones (excluding diaryl/α,β-unsaturated/α-hetero) is 1. The number of benzene rings is 1. The first-order chi connectivity index (χ1) is 37.1. The van der Waals surface area contributed by atoms with Gasteiger partial charge in [-0.3, -0.25) is 19.1 Å². The number of methoxy groups -OCH3 is 1. The van der Waals surface area contributed by atoms with E-state index >= 15 is 0 Å². The number of rotatable bonds is 27. The number of aromatic nitrogens is 2. The Kier molecular flexibility index (Phi) is 33.1. The Bertz CT molecular complexity index is 2490. The van der Waals surface area contributed by atoms with Crippen LogP contribution >= 0.6 is 0 Å². The van der Waals surface area contributed by atoms with Crippen molar-refractivity contribution in [1.29, 1.82) is 0 Å². The monoisotopic (exact) mass is 1110 g/mol. The van der Waals surface area contributed by atoms with Crippen LogP contribution in [0.5, 0.6) is 0 Å². The number of nitrogens with zero attached hydrogens (tertiary/aromatic N) is 2. The topological polar surface area (TPSA) is 102 Å². The molecule has 2 N–H and O–H groups in total. The van der Waals surface area contributed by atoms with Crippen LogP contribution < -0.4 is 10.6 Å². The highest BCUT2D eigenvalue weighted by Gasteiger charge is 2.59. The molecular formula is C66H99F5N4O4. The van der Waals surface area contributed by atoms with Crippen LogP contribution in [-0.2, 0) is 31.8 Å². The first-order valence-corrected chi connectivity index (χ1v) is 28.4. The van der Waals surface area contributed by atoms with Crippen molar-refractivity contribution < 1.29 is 41.1 Å². The Morgan fingerprint density at radius 3 is 1.99 bits per heavy atom. The molecule has 442 valence electrons. The van der Waals surface area contributed by atoms with E-state index in [-0.39, 0.29) is 35.9 Å². The summed E-state index contributed by atoms with van der Waals surface area (Å²) in [6, 6.07) is 9.74. The fraction of sp³-hybridized carbons (Fsp3) is 0.545. The van der Waals surface area contributed by atoms with E-state index in [1.807, 2.05) is 59.9 Å². The smallest absolute Gasteiger partial charge is 0.435 e. The van der Waals surface area contributed by atoms with Crippen molar-refractivity contribution in [2.24, 2.45) is 29.1 Å². The minimum absolute atomic E-state index is 0.0314. The summed E-state index contributed by atoms with van der Waals surface area (Å²) in [7, 11) is 1.74. The second kappa shape index (κ2) is 35.7. The number of halogens is 5. The quantitative estimate of drug-likeness (QED) is 0.0231. The molecular weight excluding hydrogens is 1010 g/mol.